The van der Waals surface area contributed by atoms with Gasteiger partial charge in [0.2, 0.25) is 0 Å². The first-order chi connectivity index (χ1) is 29.8. The second-order valence-electron chi connectivity index (χ2n) is 16.3. The molecule has 1 aliphatic carbocycles. The number of rotatable bonds is 4. The molecule has 0 unspecified atom stereocenters. The van der Waals surface area contributed by atoms with Crippen molar-refractivity contribution in [2.45, 2.75) is 5.41 Å². The first kappa shape index (κ1) is 33.3. The van der Waals surface area contributed by atoms with Gasteiger partial charge in [-0.3, -0.25) is 0 Å². The van der Waals surface area contributed by atoms with E-state index < -0.39 is 5.41 Å². The molecule has 11 aromatic carbocycles. The van der Waals surface area contributed by atoms with Gasteiger partial charge in [0.05, 0.1) is 5.41 Å². The van der Waals surface area contributed by atoms with Crippen LogP contribution in [0.2, 0.25) is 0 Å². The number of hydrogen-bond acceptors (Lipinski definition) is 1. The van der Waals surface area contributed by atoms with Gasteiger partial charge in [-0.2, -0.15) is 0 Å². The van der Waals surface area contributed by atoms with Crippen LogP contribution in [0, 0.1) is 0 Å². The molecule has 1 aliphatic rings. The van der Waals surface area contributed by atoms with Gasteiger partial charge in [0, 0.05) is 10.8 Å². The van der Waals surface area contributed by atoms with Gasteiger partial charge in [-0.15, -0.1) is 0 Å². The molecule has 12 aromatic rings. The van der Waals surface area contributed by atoms with Crippen molar-refractivity contribution in [3.05, 3.63) is 241 Å². The summed E-state index contributed by atoms with van der Waals surface area (Å²) in [5, 5.41) is 12.3. The summed E-state index contributed by atoms with van der Waals surface area (Å²) < 4.78 is 6.41. The average molecular weight is 761 g/mol. The topological polar surface area (TPSA) is 13.1 Å². The van der Waals surface area contributed by atoms with E-state index >= 15 is 0 Å². The fourth-order valence-corrected chi connectivity index (χ4v) is 10.8. The molecule has 0 saturated heterocycles. The van der Waals surface area contributed by atoms with Gasteiger partial charge in [-0.05, 0) is 135 Å². The molecule has 0 spiro atoms. The minimum atomic E-state index is -0.627. The number of furan rings is 1. The predicted octanol–water partition coefficient (Wildman–Crippen LogP) is 15.9. The van der Waals surface area contributed by atoms with Crippen molar-refractivity contribution in [3.8, 4) is 33.4 Å². The zero-order valence-electron chi connectivity index (χ0n) is 32.7. The Hall–Kier alpha value is -7.74. The molecule has 1 heterocycles. The Morgan fingerprint density at radius 3 is 1.67 bits per heavy atom. The van der Waals surface area contributed by atoms with E-state index in [1.807, 2.05) is 6.07 Å². The van der Waals surface area contributed by atoms with E-state index in [9.17, 15) is 0 Å². The molecule has 0 aliphatic heterocycles. The Kier molecular flexibility index (Phi) is 7.00. The predicted molar refractivity (Wildman–Crippen MR) is 252 cm³/mol. The summed E-state index contributed by atoms with van der Waals surface area (Å²) in [5.74, 6) is 0. The fourth-order valence-electron chi connectivity index (χ4n) is 10.8. The summed E-state index contributed by atoms with van der Waals surface area (Å²) in [5.41, 5.74) is 13.7. The van der Waals surface area contributed by atoms with Crippen LogP contribution in [0.25, 0.3) is 98.4 Å². The molecule has 60 heavy (non-hydrogen) atoms. The van der Waals surface area contributed by atoms with Gasteiger partial charge in [-0.25, -0.2) is 0 Å². The van der Waals surface area contributed by atoms with Gasteiger partial charge < -0.3 is 4.42 Å². The molecule has 0 N–H and O–H groups in total. The molecule has 0 bridgehead atoms. The summed E-state index contributed by atoms with van der Waals surface area (Å²) in [7, 11) is 0. The summed E-state index contributed by atoms with van der Waals surface area (Å²) in [4.78, 5) is 0. The van der Waals surface area contributed by atoms with Gasteiger partial charge in [-0.1, -0.05) is 182 Å². The highest BCUT2D eigenvalue weighted by atomic mass is 16.3. The third-order valence-corrected chi connectivity index (χ3v) is 13.3. The van der Waals surface area contributed by atoms with E-state index in [-0.39, 0.29) is 0 Å². The van der Waals surface area contributed by atoms with E-state index in [0.29, 0.717) is 0 Å². The quantitative estimate of drug-likeness (QED) is 0.129. The van der Waals surface area contributed by atoms with Gasteiger partial charge in [0.15, 0.2) is 0 Å². The van der Waals surface area contributed by atoms with Gasteiger partial charge in [0.1, 0.15) is 11.2 Å². The Bertz CT molecular complexity index is 3660. The maximum atomic E-state index is 6.41. The molecule has 1 heteroatoms. The molecular formula is C59H36O. The highest BCUT2D eigenvalue weighted by Crippen LogP contribution is 2.61. The van der Waals surface area contributed by atoms with E-state index in [1.54, 1.807) is 0 Å². The van der Waals surface area contributed by atoms with E-state index in [1.165, 1.54) is 93.2 Å². The largest absolute Gasteiger partial charge is 0.456 e. The van der Waals surface area contributed by atoms with Gasteiger partial charge in [0.25, 0.3) is 0 Å². The lowest BCUT2D eigenvalue weighted by Gasteiger charge is -2.35. The minimum absolute atomic E-state index is 0.627. The highest BCUT2D eigenvalue weighted by molar-refractivity contribution is 6.21. The normalized spacial score (nSPS) is 13.1. The van der Waals surface area contributed by atoms with Crippen LogP contribution in [0.15, 0.2) is 223 Å². The van der Waals surface area contributed by atoms with Crippen LogP contribution < -0.4 is 0 Å². The number of hydrogen-bond donors (Lipinski definition) is 0. The Morgan fingerprint density at radius 1 is 0.300 bits per heavy atom. The number of para-hydroxylation sites is 1. The molecule has 0 fully saturated rings. The lowest BCUT2D eigenvalue weighted by atomic mass is 9.66. The van der Waals surface area contributed by atoms with Crippen molar-refractivity contribution in [3.63, 3.8) is 0 Å². The molecule has 0 saturated carbocycles. The lowest BCUT2D eigenvalue weighted by molar-refractivity contribution is 0.669. The molecule has 0 radical (unpaired) electrons. The van der Waals surface area contributed by atoms with Crippen molar-refractivity contribution in [2.24, 2.45) is 0 Å². The maximum Gasteiger partial charge on any atom is 0.135 e. The SMILES string of the molecule is c1ccc(C2(c3ccccc3)c3cc(-c4c5ccccc5cc5c4ccc4ccccc45)cc(-c4ccc5oc6ccccc6c5c4)c3-c3ccc4ccccc4c32)cc1. The third-order valence-electron chi connectivity index (χ3n) is 13.3. The molecular weight excluding hydrogens is 725 g/mol. The molecule has 0 atom stereocenters. The standard InChI is InChI=1S/C59H36O/c1-3-18-42(19-4-1)59(43-20-5-2-6-21-43)53-36-41(56-45-23-11-9-17-39(45)33-51-44-22-10-7-15-37(44)27-30-48(51)56)35-50(57(53)49-31-28-38-16-8-12-24-46(38)58(49)59)40-29-32-55-52(34-40)47-25-13-14-26-54(47)60-55/h1-36H. The van der Waals surface area contributed by atoms with Gasteiger partial charge >= 0.3 is 0 Å². The second-order valence-corrected chi connectivity index (χ2v) is 16.3. The monoisotopic (exact) mass is 760 g/mol. The molecule has 278 valence electrons. The van der Waals surface area contributed by atoms with Crippen LogP contribution in [0.5, 0.6) is 0 Å². The average Bonchev–Trinajstić information content (AvgIpc) is 3.85. The first-order valence-corrected chi connectivity index (χ1v) is 20.8. The van der Waals surface area contributed by atoms with Crippen LogP contribution >= 0.6 is 0 Å². The van der Waals surface area contributed by atoms with Crippen LogP contribution in [0.4, 0.5) is 0 Å². The summed E-state index contributed by atoms with van der Waals surface area (Å²) in [6.45, 7) is 0. The summed E-state index contributed by atoms with van der Waals surface area (Å²) in [6.07, 6.45) is 0. The van der Waals surface area contributed by atoms with Crippen LogP contribution in [-0.2, 0) is 5.41 Å². The minimum Gasteiger partial charge on any atom is -0.456 e. The number of fused-ring (bicyclic) bond motifs is 12. The van der Waals surface area contributed by atoms with Crippen LogP contribution in [0.1, 0.15) is 22.3 Å². The Morgan fingerprint density at radius 2 is 0.900 bits per heavy atom. The second kappa shape index (κ2) is 12.6. The fraction of sp³-hybridized carbons (Fsp3) is 0.0169. The number of benzene rings is 11. The van der Waals surface area contributed by atoms with Crippen molar-refractivity contribution < 1.29 is 4.42 Å². The molecule has 1 nitrogen and oxygen atoms in total. The lowest BCUT2D eigenvalue weighted by Crippen LogP contribution is -2.29. The third kappa shape index (κ3) is 4.58. The van der Waals surface area contributed by atoms with Crippen molar-refractivity contribution in [1.29, 1.82) is 0 Å². The maximum absolute atomic E-state index is 6.41. The first-order valence-electron chi connectivity index (χ1n) is 20.8. The van der Waals surface area contributed by atoms with Crippen LogP contribution in [0.3, 0.4) is 0 Å². The van der Waals surface area contributed by atoms with Crippen molar-refractivity contribution in [1.82, 2.24) is 0 Å². The van der Waals surface area contributed by atoms with E-state index in [2.05, 4.69) is 212 Å². The molecule has 1 aromatic heterocycles. The Labute approximate surface area is 347 Å². The van der Waals surface area contributed by atoms with Crippen molar-refractivity contribution in [2.75, 3.05) is 0 Å². The smallest absolute Gasteiger partial charge is 0.135 e. The molecule has 0 amide bonds. The van der Waals surface area contributed by atoms with E-state index in [0.717, 1.165) is 27.5 Å². The van der Waals surface area contributed by atoms with Crippen molar-refractivity contribution >= 4 is 65.0 Å². The highest BCUT2D eigenvalue weighted by Gasteiger charge is 2.48. The van der Waals surface area contributed by atoms with Crippen LogP contribution in [-0.4, -0.2) is 0 Å². The van der Waals surface area contributed by atoms with E-state index in [4.69, 9.17) is 4.42 Å². The molecule has 13 rings (SSSR count). The Balaban J connectivity index is 1.25. The summed E-state index contributed by atoms with van der Waals surface area (Å²) in [6, 6.07) is 81.1. The zero-order valence-corrected chi connectivity index (χ0v) is 32.7. The summed E-state index contributed by atoms with van der Waals surface area (Å²) >= 11 is 0. The zero-order chi connectivity index (χ0) is 39.4.